The lowest BCUT2D eigenvalue weighted by Gasteiger charge is -2.38. The number of fused-ring (bicyclic) bond motifs is 3. The number of carbonyl (C=O) groups is 4. The van der Waals surface area contributed by atoms with Gasteiger partial charge in [-0.3, -0.25) is 19.1 Å². The fraction of sp³-hybridized carbons (Fsp3) is 0.634. The van der Waals surface area contributed by atoms with Gasteiger partial charge in [-0.2, -0.15) is 13.2 Å². The zero-order valence-electron chi connectivity index (χ0n) is 34.1. The molecule has 4 heterocycles. The van der Waals surface area contributed by atoms with E-state index < -0.39 is 106 Å². The standard InChI is InChI=1S/C41H51F4N5O10S/c1-24-9-4-5-10-26-19-40(26,36(53)49-61(55,56)38(22-42)14-15-38)48-33(51)30-18-27(59-34-29-12-7-6-11-28(29)31(57-3)20-46-34)21-50(30)35(52)32(25(2)17-24)47-37(54)60-39(41(43,44)45)13-8-16-58-23-39/h5-7,10-12,20,24-27,30,32H,4,8-9,13-19,21-23H2,1-3H3,(H,47,54)(H,48,51)(H,49,53)/b10-5-/t24-,25-,26-,27-,30+,32+,39?,40-/m1/s1. The highest BCUT2D eigenvalue weighted by molar-refractivity contribution is 7.91. The molecule has 1 aromatic carbocycles. The average molecular weight is 882 g/mol. The topological polar surface area (TPSA) is 192 Å². The third-order valence-corrected chi connectivity index (χ3v) is 14.9. The molecule has 8 atom stereocenters. The third-order valence-electron chi connectivity index (χ3n) is 12.8. The Balaban J connectivity index is 1.23. The Morgan fingerprint density at radius 1 is 1.10 bits per heavy atom. The molecule has 2 saturated carbocycles. The summed E-state index contributed by atoms with van der Waals surface area (Å²) in [6.45, 7) is 1.26. The van der Waals surface area contributed by atoms with Crippen LogP contribution in [0.1, 0.15) is 71.6 Å². The van der Waals surface area contributed by atoms with Crippen molar-refractivity contribution in [2.75, 3.05) is 33.5 Å². The molecule has 4 amide bonds. The molecule has 334 valence electrons. The van der Waals surface area contributed by atoms with E-state index in [1.165, 1.54) is 13.3 Å². The van der Waals surface area contributed by atoms with E-state index in [1.807, 2.05) is 17.7 Å². The number of benzene rings is 1. The Bertz CT molecular complexity index is 2160. The SMILES string of the molecule is COc1cnc(O[C@@H]2C[C@H]3C(=O)N[C@]4(C(=O)NS(=O)(=O)C5(CF)CC5)C[C@H]4/C=C\CC[C@@H](C)C[C@@H](C)[C@H](NC(=O)OC4(C(F)(F)F)CCCOC4)C(=O)N3C2)c2ccccc12. The van der Waals surface area contributed by atoms with Crippen LogP contribution in [0, 0.1) is 17.8 Å². The second kappa shape index (κ2) is 16.9. The van der Waals surface area contributed by atoms with E-state index >= 15 is 0 Å². The van der Waals surface area contributed by atoms with Gasteiger partial charge in [0, 0.05) is 36.1 Å². The van der Waals surface area contributed by atoms with Gasteiger partial charge in [0.2, 0.25) is 33.3 Å². The molecular weight excluding hydrogens is 831 g/mol. The molecule has 3 N–H and O–H groups in total. The molecule has 2 saturated heterocycles. The molecule has 5 aliphatic rings. The maximum Gasteiger partial charge on any atom is 0.430 e. The lowest BCUT2D eigenvalue weighted by atomic mass is 9.88. The van der Waals surface area contributed by atoms with Gasteiger partial charge in [0.15, 0.2) is 0 Å². The Hall–Kier alpha value is -4.72. The van der Waals surface area contributed by atoms with Gasteiger partial charge in [0.1, 0.15) is 40.9 Å². The molecule has 2 aromatic rings. The third kappa shape index (κ3) is 8.70. The molecular formula is C41H51F4N5O10S. The molecule has 20 heteroatoms. The van der Waals surface area contributed by atoms with E-state index in [-0.39, 0.29) is 57.1 Å². The van der Waals surface area contributed by atoms with Gasteiger partial charge < -0.3 is 34.5 Å². The van der Waals surface area contributed by atoms with E-state index in [0.29, 0.717) is 35.8 Å². The Morgan fingerprint density at radius 3 is 2.49 bits per heavy atom. The zero-order valence-corrected chi connectivity index (χ0v) is 34.9. The van der Waals surface area contributed by atoms with Gasteiger partial charge in [-0.1, -0.05) is 44.2 Å². The number of alkyl carbamates (subject to hydrolysis) is 1. The van der Waals surface area contributed by atoms with Crippen LogP contribution in [0.4, 0.5) is 22.4 Å². The number of hydrogen-bond acceptors (Lipinski definition) is 11. The highest BCUT2D eigenvalue weighted by Gasteiger charge is 2.64. The van der Waals surface area contributed by atoms with Crippen LogP contribution in [-0.4, -0.2) is 116 Å². The minimum atomic E-state index is -4.99. The van der Waals surface area contributed by atoms with Gasteiger partial charge in [-0.05, 0) is 62.8 Å². The number of halogens is 4. The lowest BCUT2D eigenvalue weighted by Crippen LogP contribution is -2.60. The van der Waals surface area contributed by atoms with Gasteiger partial charge >= 0.3 is 12.3 Å². The lowest BCUT2D eigenvalue weighted by molar-refractivity contribution is -0.285. The number of pyridine rings is 1. The summed E-state index contributed by atoms with van der Waals surface area (Å²) in [6.07, 6.45) is -1.71. The molecule has 61 heavy (non-hydrogen) atoms. The molecule has 1 aromatic heterocycles. The number of allylic oxidation sites excluding steroid dienone is 1. The highest BCUT2D eigenvalue weighted by Crippen LogP contribution is 2.48. The van der Waals surface area contributed by atoms with Crippen LogP contribution in [0.15, 0.2) is 42.6 Å². The summed E-state index contributed by atoms with van der Waals surface area (Å²) in [5.74, 6) is -3.53. The second-order valence-electron chi connectivity index (χ2n) is 17.2. The van der Waals surface area contributed by atoms with E-state index in [0.717, 1.165) is 4.90 Å². The summed E-state index contributed by atoms with van der Waals surface area (Å²) in [4.78, 5) is 62.5. The number of hydrogen-bond donors (Lipinski definition) is 3. The maximum atomic E-state index is 14.9. The number of nitrogens with one attached hydrogen (secondary N) is 3. The van der Waals surface area contributed by atoms with Crippen LogP contribution >= 0.6 is 0 Å². The first-order chi connectivity index (χ1) is 28.9. The van der Waals surface area contributed by atoms with Crippen molar-refractivity contribution in [3.05, 3.63) is 42.6 Å². The van der Waals surface area contributed by atoms with Crippen molar-refractivity contribution in [2.45, 2.75) is 112 Å². The Labute approximate surface area is 350 Å². The monoisotopic (exact) mass is 881 g/mol. The summed E-state index contributed by atoms with van der Waals surface area (Å²) in [6, 6.07) is 4.21. The first-order valence-electron chi connectivity index (χ1n) is 20.5. The largest absolute Gasteiger partial charge is 0.494 e. The van der Waals surface area contributed by atoms with Crippen molar-refractivity contribution in [1.29, 1.82) is 0 Å². The molecule has 15 nitrogen and oxygen atoms in total. The van der Waals surface area contributed by atoms with Crippen molar-refractivity contribution in [3.8, 4) is 11.6 Å². The first-order valence-corrected chi connectivity index (χ1v) is 22.0. The van der Waals surface area contributed by atoms with Crippen molar-refractivity contribution in [2.24, 2.45) is 17.8 Å². The molecule has 0 bridgehead atoms. The van der Waals surface area contributed by atoms with Gasteiger partial charge in [0.05, 0.1) is 26.5 Å². The molecule has 2 aliphatic carbocycles. The van der Waals surface area contributed by atoms with Crippen LogP contribution in [0.3, 0.4) is 0 Å². The van der Waals surface area contributed by atoms with E-state index in [1.54, 1.807) is 37.3 Å². The van der Waals surface area contributed by atoms with Crippen LogP contribution in [0.25, 0.3) is 10.8 Å². The predicted molar refractivity (Wildman–Crippen MR) is 210 cm³/mol. The first kappa shape index (κ1) is 44.3. The number of ether oxygens (including phenoxy) is 4. The average Bonchev–Trinajstić information content (AvgIpc) is 4.13. The van der Waals surface area contributed by atoms with Gasteiger partial charge in [-0.15, -0.1) is 0 Å². The van der Waals surface area contributed by atoms with Crippen molar-refractivity contribution < 1.29 is 64.1 Å². The highest BCUT2D eigenvalue weighted by atomic mass is 32.2. The second-order valence-corrected chi connectivity index (χ2v) is 19.2. The number of methoxy groups -OCH3 is 1. The number of alkyl halides is 4. The molecule has 4 fully saturated rings. The molecule has 7 rings (SSSR count). The molecule has 0 spiro atoms. The summed E-state index contributed by atoms with van der Waals surface area (Å²) >= 11 is 0. The van der Waals surface area contributed by atoms with Crippen molar-refractivity contribution >= 4 is 44.6 Å². The number of rotatable bonds is 9. The van der Waals surface area contributed by atoms with Crippen LogP contribution in [-0.2, 0) is 33.9 Å². The summed E-state index contributed by atoms with van der Waals surface area (Å²) in [5, 5.41) is 6.37. The summed E-state index contributed by atoms with van der Waals surface area (Å²) < 4.78 is 106. The van der Waals surface area contributed by atoms with Crippen molar-refractivity contribution in [1.82, 2.24) is 25.2 Å². The van der Waals surface area contributed by atoms with E-state index in [2.05, 4.69) is 15.6 Å². The fourth-order valence-corrected chi connectivity index (χ4v) is 10.2. The molecule has 3 aliphatic heterocycles. The quantitative estimate of drug-likeness (QED) is 0.235. The number of carbonyl (C=O) groups excluding carboxylic acids is 4. The van der Waals surface area contributed by atoms with E-state index in [9.17, 15) is 45.2 Å². The van der Waals surface area contributed by atoms with Gasteiger partial charge in [0.25, 0.3) is 5.91 Å². The van der Waals surface area contributed by atoms with Crippen LogP contribution in [0.2, 0.25) is 0 Å². The zero-order chi connectivity index (χ0) is 44.0. The minimum absolute atomic E-state index is 0.00878. The Kier molecular flexibility index (Phi) is 12.3. The molecule has 0 radical (unpaired) electrons. The van der Waals surface area contributed by atoms with Crippen molar-refractivity contribution in [3.63, 3.8) is 0 Å². The predicted octanol–water partition coefficient (Wildman–Crippen LogP) is 4.63. The van der Waals surface area contributed by atoms with Crippen LogP contribution in [0.5, 0.6) is 11.6 Å². The number of amides is 4. The number of aromatic nitrogens is 1. The number of nitrogens with zero attached hydrogens (tertiary/aromatic N) is 2. The number of sulfonamides is 1. The fourth-order valence-electron chi connectivity index (χ4n) is 8.77. The summed E-state index contributed by atoms with van der Waals surface area (Å²) in [7, 11) is -2.99. The molecule has 1 unspecified atom stereocenters. The minimum Gasteiger partial charge on any atom is -0.494 e. The van der Waals surface area contributed by atoms with Gasteiger partial charge in [-0.25, -0.2) is 22.6 Å². The Morgan fingerprint density at radius 2 is 1.84 bits per heavy atom. The maximum absolute atomic E-state index is 14.9. The van der Waals surface area contributed by atoms with E-state index in [4.69, 9.17) is 18.9 Å². The smallest absolute Gasteiger partial charge is 0.430 e. The normalized spacial score (nSPS) is 32.2. The van der Waals surface area contributed by atoms with Crippen LogP contribution < -0.4 is 24.8 Å². The summed E-state index contributed by atoms with van der Waals surface area (Å²) in [5.41, 5.74) is -4.72.